The number of carbonyl (C=O) groups is 1. The number of alkyl halides is 3. The highest BCUT2D eigenvalue weighted by molar-refractivity contribution is 5.94. The molecule has 1 aliphatic heterocycles. The Morgan fingerprint density at radius 3 is 2.75 bits per heavy atom. The van der Waals surface area contributed by atoms with E-state index in [1.807, 2.05) is 18.2 Å². The van der Waals surface area contributed by atoms with E-state index in [0.29, 0.717) is 38.0 Å². The van der Waals surface area contributed by atoms with E-state index in [2.05, 4.69) is 16.5 Å². The van der Waals surface area contributed by atoms with E-state index in [1.54, 1.807) is 16.6 Å². The smallest absolute Gasteiger partial charge is 0.333 e. The van der Waals surface area contributed by atoms with Crippen LogP contribution in [-0.2, 0) is 32.9 Å². The number of halogens is 3. The summed E-state index contributed by atoms with van der Waals surface area (Å²) < 4.78 is 39.3. The lowest BCUT2D eigenvalue weighted by Crippen LogP contribution is -2.41. The van der Waals surface area contributed by atoms with Gasteiger partial charge in [-0.05, 0) is 36.8 Å². The standard InChI is InChI=1S/C20H23F3N4O/c1-26-17-7-6-15(24-12-20(21,22)23)10-16(17)18(25-26)19(28)27-9-8-13-4-2-3-5-14(13)11-27/h2-5,15,24H,6-12H2,1H3. The number of nitrogens with zero attached hydrogens (tertiary/aromatic N) is 3. The predicted molar refractivity (Wildman–Crippen MR) is 98.0 cm³/mol. The topological polar surface area (TPSA) is 50.2 Å². The van der Waals surface area contributed by atoms with E-state index in [9.17, 15) is 18.0 Å². The van der Waals surface area contributed by atoms with Crippen molar-refractivity contribution in [2.45, 2.75) is 44.4 Å². The quantitative estimate of drug-likeness (QED) is 0.874. The Morgan fingerprint density at radius 1 is 1.25 bits per heavy atom. The van der Waals surface area contributed by atoms with Gasteiger partial charge in [0.1, 0.15) is 0 Å². The van der Waals surface area contributed by atoms with E-state index >= 15 is 0 Å². The van der Waals surface area contributed by atoms with Gasteiger partial charge in [0, 0.05) is 37.4 Å². The Labute approximate surface area is 161 Å². The lowest BCUT2D eigenvalue weighted by Gasteiger charge is -2.29. The number of carbonyl (C=O) groups excluding carboxylic acids is 1. The van der Waals surface area contributed by atoms with Gasteiger partial charge in [0.15, 0.2) is 5.69 Å². The highest BCUT2D eigenvalue weighted by Gasteiger charge is 2.33. The predicted octanol–water partition coefficient (Wildman–Crippen LogP) is 2.63. The zero-order valence-electron chi connectivity index (χ0n) is 15.7. The lowest BCUT2D eigenvalue weighted by molar-refractivity contribution is -0.126. The molecular formula is C20H23F3N4O. The first-order valence-corrected chi connectivity index (χ1v) is 9.53. The molecule has 4 rings (SSSR count). The van der Waals surface area contributed by atoms with E-state index in [-0.39, 0.29) is 11.9 Å². The summed E-state index contributed by atoms with van der Waals surface area (Å²) in [5, 5.41) is 7.03. The first kappa shape index (κ1) is 19.0. The minimum Gasteiger partial charge on any atom is -0.333 e. The number of fused-ring (bicyclic) bond motifs is 2. The van der Waals surface area contributed by atoms with Crippen molar-refractivity contribution in [2.75, 3.05) is 13.1 Å². The van der Waals surface area contributed by atoms with Crippen LogP contribution in [0.25, 0.3) is 0 Å². The van der Waals surface area contributed by atoms with Crippen molar-refractivity contribution < 1.29 is 18.0 Å². The zero-order valence-corrected chi connectivity index (χ0v) is 15.7. The van der Waals surface area contributed by atoms with Crippen molar-refractivity contribution in [2.24, 2.45) is 7.05 Å². The van der Waals surface area contributed by atoms with Crippen LogP contribution in [0.3, 0.4) is 0 Å². The third-order valence-corrected chi connectivity index (χ3v) is 5.67. The van der Waals surface area contributed by atoms with Crippen LogP contribution < -0.4 is 5.32 Å². The van der Waals surface area contributed by atoms with Crippen LogP contribution in [0.4, 0.5) is 13.2 Å². The summed E-state index contributed by atoms with van der Waals surface area (Å²) in [6.07, 6.45) is -1.83. The van der Waals surface area contributed by atoms with Crippen LogP contribution in [0.1, 0.15) is 39.3 Å². The summed E-state index contributed by atoms with van der Waals surface area (Å²) >= 11 is 0. The number of amides is 1. The molecule has 2 aromatic rings. The second-order valence-corrected chi connectivity index (χ2v) is 7.58. The number of rotatable bonds is 3. The SMILES string of the molecule is Cn1nc(C(=O)N2CCc3ccccc3C2)c2c1CCC(NCC(F)(F)F)C2. The van der Waals surface area contributed by atoms with E-state index in [4.69, 9.17) is 0 Å². The fourth-order valence-electron chi connectivity index (χ4n) is 4.21. The molecule has 1 aromatic carbocycles. The molecule has 0 fully saturated rings. The van der Waals surface area contributed by atoms with Crippen molar-refractivity contribution >= 4 is 5.91 Å². The molecule has 8 heteroatoms. The number of benzene rings is 1. The number of hydrogen-bond acceptors (Lipinski definition) is 3. The molecule has 0 saturated heterocycles. The Kier molecular flexibility index (Phi) is 4.91. The highest BCUT2D eigenvalue weighted by Crippen LogP contribution is 2.27. The van der Waals surface area contributed by atoms with E-state index < -0.39 is 12.7 Å². The van der Waals surface area contributed by atoms with Gasteiger partial charge in [0.05, 0.1) is 6.54 Å². The van der Waals surface area contributed by atoms with E-state index in [0.717, 1.165) is 23.2 Å². The second-order valence-electron chi connectivity index (χ2n) is 7.58. The molecule has 1 N–H and O–H groups in total. The van der Waals surface area contributed by atoms with Crippen molar-refractivity contribution in [1.29, 1.82) is 0 Å². The average Bonchev–Trinajstić information content (AvgIpc) is 3.01. The Hall–Kier alpha value is -2.35. The molecule has 1 aliphatic carbocycles. The maximum absolute atomic E-state index is 13.2. The van der Waals surface area contributed by atoms with E-state index in [1.165, 1.54) is 5.56 Å². The zero-order chi connectivity index (χ0) is 19.9. The first-order valence-electron chi connectivity index (χ1n) is 9.53. The molecule has 0 bridgehead atoms. The van der Waals surface area contributed by atoms with Gasteiger partial charge < -0.3 is 10.2 Å². The molecule has 0 saturated carbocycles. The van der Waals surface area contributed by atoms with Crippen LogP contribution in [0.5, 0.6) is 0 Å². The van der Waals surface area contributed by atoms with Gasteiger partial charge in [-0.1, -0.05) is 24.3 Å². The molecule has 150 valence electrons. The lowest BCUT2D eigenvalue weighted by atomic mass is 9.90. The molecule has 1 atom stereocenters. The number of hydrogen-bond donors (Lipinski definition) is 1. The van der Waals surface area contributed by atoms with Gasteiger partial charge in [0.2, 0.25) is 0 Å². The van der Waals surface area contributed by atoms with Crippen molar-refractivity contribution in [3.05, 3.63) is 52.3 Å². The maximum atomic E-state index is 13.2. The number of nitrogens with one attached hydrogen (secondary N) is 1. The summed E-state index contributed by atoms with van der Waals surface area (Å²) in [6.45, 7) is 0.145. The minimum absolute atomic E-state index is 0.136. The summed E-state index contributed by atoms with van der Waals surface area (Å²) in [7, 11) is 1.80. The van der Waals surface area contributed by atoms with Crippen molar-refractivity contribution in [3.8, 4) is 0 Å². The Balaban J connectivity index is 1.53. The van der Waals surface area contributed by atoms with Gasteiger partial charge in [-0.2, -0.15) is 18.3 Å². The van der Waals surface area contributed by atoms with Gasteiger partial charge in [0.25, 0.3) is 5.91 Å². The summed E-state index contributed by atoms with van der Waals surface area (Å²) in [4.78, 5) is 15.0. The van der Waals surface area contributed by atoms with Crippen molar-refractivity contribution in [1.82, 2.24) is 20.0 Å². The summed E-state index contributed by atoms with van der Waals surface area (Å²) in [6, 6.07) is 7.77. The highest BCUT2D eigenvalue weighted by atomic mass is 19.4. The molecule has 5 nitrogen and oxygen atoms in total. The van der Waals surface area contributed by atoms with Crippen LogP contribution in [0.2, 0.25) is 0 Å². The molecule has 0 spiro atoms. The molecule has 2 aliphatic rings. The summed E-state index contributed by atoms with van der Waals surface area (Å²) in [5.41, 5.74) is 4.51. The fourth-order valence-corrected chi connectivity index (χ4v) is 4.21. The van der Waals surface area contributed by atoms with Gasteiger partial charge >= 0.3 is 6.18 Å². The maximum Gasteiger partial charge on any atom is 0.401 e. The van der Waals surface area contributed by atoms with Crippen molar-refractivity contribution in [3.63, 3.8) is 0 Å². The first-order chi connectivity index (χ1) is 13.3. The van der Waals surface area contributed by atoms with Crippen LogP contribution >= 0.6 is 0 Å². The van der Waals surface area contributed by atoms with Crippen LogP contribution in [0.15, 0.2) is 24.3 Å². The van der Waals surface area contributed by atoms with Gasteiger partial charge in [-0.25, -0.2) is 0 Å². The normalized spacial score (nSPS) is 19.3. The Morgan fingerprint density at radius 2 is 2.00 bits per heavy atom. The number of aromatic nitrogens is 2. The fraction of sp³-hybridized carbons (Fsp3) is 0.500. The van der Waals surface area contributed by atoms with Gasteiger partial charge in [-0.3, -0.25) is 9.48 Å². The average molecular weight is 392 g/mol. The Bertz CT molecular complexity index is 890. The molecule has 1 unspecified atom stereocenters. The third kappa shape index (κ3) is 3.78. The monoisotopic (exact) mass is 392 g/mol. The second kappa shape index (κ2) is 7.24. The summed E-state index contributed by atoms with van der Waals surface area (Å²) in [5.74, 6) is -0.136. The van der Waals surface area contributed by atoms with Crippen LogP contribution in [0, 0.1) is 0 Å². The third-order valence-electron chi connectivity index (χ3n) is 5.67. The molecule has 2 heterocycles. The van der Waals surface area contributed by atoms with Crippen LogP contribution in [-0.4, -0.2) is 45.9 Å². The largest absolute Gasteiger partial charge is 0.401 e. The minimum atomic E-state index is -4.24. The van der Waals surface area contributed by atoms with Gasteiger partial charge in [-0.15, -0.1) is 0 Å². The molecule has 1 amide bonds. The molecule has 28 heavy (non-hydrogen) atoms. The molecular weight excluding hydrogens is 369 g/mol. The molecule has 1 aromatic heterocycles. The molecule has 0 radical (unpaired) electrons. The number of aryl methyl sites for hydroxylation is 1.